The first kappa shape index (κ1) is 25.5. The molecule has 3 aromatic rings. The molecule has 0 amide bonds. The molecule has 6 rings (SSSR count). The maximum absolute atomic E-state index is 14.7. The van der Waals surface area contributed by atoms with Crippen LogP contribution >= 0.6 is 11.6 Å². The van der Waals surface area contributed by atoms with E-state index in [9.17, 15) is 13.9 Å². The number of imidazole rings is 1. The lowest BCUT2D eigenvalue weighted by molar-refractivity contribution is 0.00706. The van der Waals surface area contributed by atoms with Gasteiger partial charge in [-0.25, -0.2) is 13.8 Å². The number of aromatic amines is 1. The van der Waals surface area contributed by atoms with Crippen LogP contribution in [0.2, 0.25) is 5.02 Å². The van der Waals surface area contributed by atoms with Crippen molar-refractivity contribution < 1.29 is 32.8 Å². The van der Waals surface area contributed by atoms with Crippen LogP contribution in [-0.4, -0.2) is 88.8 Å². The highest BCUT2D eigenvalue weighted by molar-refractivity contribution is 6.33. The van der Waals surface area contributed by atoms with Crippen molar-refractivity contribution in [3.63, 3.8) is 0 Å². The number of fused-ring (bicyclic) bond motifs is 2. The van der Waals surface area contributed by atoms with Gasteiger partial charge >= 0.3 is 0 Å². The molecule has 5 heterocycles. The number of halogens is 3. The molecule has 3 fully saturated rings. The van der Waals surface area contributed by atoms with Crippen LogP contribution in [-0.2, 0) is 16.0 Å². The molecule has 4 atom stereocenters. The number of rotatable bonds is 9. The fourth-order valence-corrected chi connectivity index (χ4v) is 5.28. The summed E-state index contributed by atoms with van der Waals surface area (Å²) in [6, 6.07) is 4.16. The van der Waals surface area contributed by atoms with Gasteiger partial charge in [0.15, 0.2) is 11.8 Å². The van der Waals surface area contributed by atoms with E-state index in [0.717, 1.165) is 19.6 Å². The summed E-state index contributed by atoms with van der Waals surface area (Å²) in [6.45, 7) is 3.42. The molecule has 3 aliphatic heterocycles. The summed E-state index contributed by atoms with van der Waals surface area (Å²) >= 11 is 6.36. The third-order valence-electron chi connectivity index (χ3n) is 7.07. The largest absolute Gasteiger partial charge is 0.492 e. The van der Waals surface area contributed by atoms with Crippen molar-refractivity contribution in [1.29, 1.82) is 0 Å². The SMILES string of the molecule is O[C@@H]1CO[C@H]2[C@@H]1OC[C@H]2Oc1nc2nc(NCc3c(F)cc(OCCN4CCCC4)cc3F)c(Cl)cc2[nH]1. The van der Waals surface area contributed by atoms with E-state index in [2.05, 4.69) is 25.2 Å². The van der Waals surface area contributed by atoms with Gasteiger partial charge in [-0.05, 0) is 32.0 Å². The van der Waals surface area contributed by atoms with E-state index in [1.54, 1.807) is 6.07 Å². The molecule has 38 heavy (non-hydrogen) atoms. The average Bonchev–Trinajstić information content (AvgIpc) is 3.67. The van der Waals surface area contributed by atoms with Crippen molar-refractivity contribution in [2.45, 2.75) is 43.8 Å². The van der Waals surface area contributed by atoms with Gasteiger partial charge in [0.25, 0.3) is 6.01 Å². The lowest BCUT2D eigenvalue weighted by Gasteiger charge is -2.15. The minimum absolute atomic E-state index is 0.154. The van der Waals surface area contributed by atoms with Crippen LogP contribution in [0.3, 0.4) is 0 Å². The molecular formula is C25H28ClF2N5O5. The summed E-state index contributed by atoms with van der Waals surface area (Å²) in [7, 11) is 0. The molecule has 3 aliphatic rings. The van der Waals surface area contributed by atoms with Crippen LogP contribution < -0.4 is 14.8 Å². The van der Waals surface area contributed by atoms with E-state index >= 15 is 0 Å². The smallest absolute Gasteiger partial charge is 0.296 e. The van der Waals surface area contributed by atoms with Gasteiger partial charge in [-0.15, -0.1) is 0 Å². The van der Waals surface area contributed by atoms with Crippen LogP contribution in [0.15, 0.2) is 18.2 Å². The van der Waals surface area contributed by atoms with Gasteiger partial charge in [0.05, 0.1) is 23.8 Å². The normalized spacial score (nSPS) is 25.3. The number of benzene rings is 1. The number of H-pyrrole nitrogens is 1. The Balaban J connectivity index is 1.09. The van der Waals surface area contributed by atoms with Gasteiger partial charge in [-0.2, -0.15) is 4.98 Å². The molecule has 0 saturated carbocycles. The monoisotopic (exact) mass is 551 g/mol. The highest BCUT2D eigenvalue weighted by Gasteiger charge is 2.48. The number of hydrogen-bond donors (Lipinski definition) is 3. The van der Waals surface area contributed by atoms with Crippen molar-refractivity contribution in [2.24, 2.45) is 0 Å². The number of pyridine rings is 1. The first-order valence-corrected chi connectivity index (χ1v) is 13.0. The van der Waals surface area contributed by atoms with E-state index < -0.39 is 36.1 Å². The number of likely N-dealkylation sites (tertiary alicyclic amines) is 1. The maximum Gasteiger partial charge on any atom is 0.296 e. The van der Waals surface area contributed by atoms with Crippen molar-refractivity contribution >= 4 is 28.6 Å². The summed E-state index contributed by atoms with van der Waals surface area (Å²) in [4.78, 5) is 14.0. The number of aliphatic hydroxyl groups is 1. The van der Waals surface area contributed by atoms with Crippen LogP contribution in [0.5, 0.6) is 11.8 Å². The van der Waals surface area contributed by atoms with Gasteiger partial charge in [0, 0.05) is 30.8 Å². The zero-order valence-corrected chi connectivity index (χ0v) is 21.2. The van der Waals surface area contributed by atoms with Crippen LogP contribution in [0.4, 0.5) is 14.6 Å². The quantitative estimate of drug-likeness (QED) is 0.369. The summed E-state index contributed by atoms with van der Waals surface area (Å²) in [5.41, 5.74) is 0.666. The Morgan fingerprint density at radius 3 is 2.66 bits per heavy atom. The summed E-state index contributed by atoms with van der Waals surface area (Å²) in [5.74, 6) is -1.08. The third-order valence-corrected chi connectivity index (χ3v) is 7.36. The molecule has 0 radical (unpaired) electrons. The van der Waals surface area contributed by atoms with E-state index in [0.29, 0.717) is 17.8 Å². The molecule has 3 N–H and O–H groups in total. The Hall–Kier alpha value is -2.77. The van der Waals surface area contributed by atoms with Crippen LogP contribution in [0.1, 0.15) is 18.4 Å². The molecule has 3 saturated heterocycles. The fourth-order valence-electron chi connectivity index (χ4n) is 5.07. The predicted molar refractivity (Wildman–Crippen MR) is 134 cm³/mol. The third kappa shape index (κ3) is 5.23. The number of anilines is 1. The molecule has 2 aromatic heterocycles. The Morgan fingerprint density at radius 1 is 1.11 bits per heavy atom. The molecule has 0 unspecified atom stereocenters. The molecule has 0 spiro atoms. The second kappa shape index (κ2) is 10.8. The number of hydrogen-bond acceptors (Lipinski definition) is 9. The standard InChI is InChI=1S/C25H28ClF2N5O5/c26-15-9-18-24(32-25(30-18)38-20-12-37-21-19(34)11-36-22(20)21)31-23(15)29-10-14-16(27)7-13(8-17(14)28)35-6-5-33-3-1-2-4-33/h7-9,19-22,34H,1-6,10-12H2,(H2,29,30,31,32)/t19-,20-,21-,22-/m1/s1. The van der Waals surface area contributed by atoms with E-state index in [-0.39, 0.29) is 47.9 Å². The van der Waals surface area contributed by atoms with Crippen LogP contribution in [0.25, 0.3) is 11.2 Å². The molecule has 10 nitrogen and oxygen atoms in total. The molecule has 0 aliphatic carbocycles. The Morgan fingerprint density at radius 2 is 1.87 bits per heavy atom. The second-order valence-corrected chi connectivity index (χ2v) is 10.1. The highest BCUT2D eigenvalue weighted by Crippen LogP contribution is 2.31. The Labute approximate surface area is 222 Å². The molecular weight excluding hydrogens is 524 g/mol. The van der Waals surface area contributed by atoms with E-state index in [4.69, 9.17) is 30.5 Å². The number of aromatic nitrogens is 3. The van der Waals surface area contributed by atoms with Gasteiger partial charge < -0.3 is 34.4 Å². The lowest BCUT2D eigenvalue weighted by atomic mass is 10.1. The van der Waals surface area contributed by atoms with Gasteiger partial charge in [-0.1, -0.05) is 11.6 Å². The summed E-state index contributed by atoms with van der Waals surface area (Å²) < 4.78 is 52.0. The van der Waals surface area contributed by atoms with E-state index in [1.807, 2.05) is 0 Å². The number of aliphatic hydroxyl groups excluding tert-OH is 1. The number of nitrogens with one attached hydrogen (secondary N) is 2. The first-order valence-electron chi connectivity index (χ1n) is 12.7. The zero-order valence-electron chi connectivity index (χ0n) is 20.5. The summed E-state index contributed by atoms with van der Waals surface area (Å²) in [5, 5.41) is 13.0. The fraction of sp³-hybridized carbons (Fsp3) is 0.520. The minimum atomic E-state index is -0.724. The topological polar surface area (TPSA) is 114 Å². The molecule has 204 valence electrons. The van der Waals surface area contributed by atoms with Crippen molar-refractivity contribution in [3.8, 4) is 11.8 Å². The van der Waals surface area contributed by atoms with Gasteiger partial charge in [0.2, 0.25) is 0 Å². The Kier molecular flexibility index (Phi) is 7.23. The maximum atomic E-state index is 14.7. The highest BCUT2D eigenvalue weighted by atomic mass is 35.5. The van der Waals surface area contributed by atoms with E-state index in [1.165, 1.54) is 25.0 Å². The van der Waals surface area contributed by atoms with Crippen LogP contribution in [0, 0.1) is 11.6 Å². The summed E-state index contributed by atoms with van der Waals surface area (Å²) in [6.07, 6.45) is 0.399. The molecule has 0 bridgehead atoms. The Bertz CT molecular complexity index is 1280. The predicted octanol–water partition coefficient (Wildman–Crippen LogP) is 2.88. The number of nitrogens with zero attached hydrogens (tertiary/aromatic N) is 3. The molecule has 1 aromatic carbocycles. The second-order valence-electron chi connectivity index (χ2n) is 9.67. The van der Waals surface area contributed by atoms with Crippen molar-refractivity contribution in [1.82, 2.24) is 19.9 Å². The van der Waals surface area contributed by atoms with Gasteiger partial charge in [0.1, 0.15) is 48.1 Å². The minimum Gasteiger partial charge on any atom is -0.492 e. The average molecular weight is 552 g/mol. The number of ether oxygens (including phenoxy) is 4. The zero-order chi connectivity index (χ0) is 26.2. The lowest BCUT2D eigenvalue weighted by Crippen LogP contribution is -2.34. The van der Waals surface area contributed by atoms with Crippen molar-refractivity contribution in [2.75, 3.05) is 44.8 Å². The van der Waals surface area contributed by atoms with Gasteiger partial charge in [-0.3, -0.25) is 4.90 Å². The molecule has 13 heteroatoms. The van der Waals surface area contributed by atoms with Crippen molar-refractivity contribution in [3.05, 3.63) is 40.4 Å². The first-order chi connectivity index (χ1) is 18.4.